The summed E-state index contributed by atoms with van der Waals surface area (Å²) in [7, 11) is 1.48. The van der Waals surface area contributed by atoms with E-state index < -0.39 is 17.5 Å². The van der Waals surface area contributed by atoms with Crippen molar-refractivity contribution in [2.75, 3.05) is 19.0 Å². The van der Waals surface area contributed by atoms with E-state index in [1.807, 2.05) is 6.92 Å². The van der Waals surface area contributed by atoms with Crippen LogP contribution in [0.1, 0.15) is 31.2 Å². The molecule has 0 unspecified atom stereocenters. The Balaban J connectivity index is 1.49. The Kier molecular flexibility index (Phi) is 4.29. The summed E-state index contributed by atoms with van der Waals surface area (Å²) in [6.45, 7) is 1.49. The highest BCUT2D eigenvalue weighted by Gasteiger charge is 2.65. The first-order valence-corrected chi connectivity index (χ1v) is 9.52. The Hall–Kier alpha value is -2.28. The van der Waals surface area contributed by atoms with Crippen LogP contribution in [0, 0.1) is 18.8 Å². The Bertz CT molecular complexity index is 820. The van der Waals surface area contributed by atoms with Crippen molar-refractivity contribution in [1.82, 2.24) is 10.2 Å². The van der Waals surface area contributed by atoms with Gasteiger partial charge in [0.15, 0.2) is 0 Å². The molecule has 1 heterocycles. The fraction of sp³-hybridized carbons (Fsp3) is 0.526. The van der Waals surface area contributed by atoms with Crippen LogP contribution in [0.3, 0.4) is 0 Å². The van der Waals surface area contributed by atoms with Gasteiger partial charge in [0.05, 0.1) is 12.8 Å². The second-order valence-corrected chi connectivity index (χ2v) is 8.00. The van der Waals surface area contributed by atoms with Crippen molar-refractivity contribution in [3.8, 4) is 5.75 Å². The van der Waals surface area contributed by atoms with Gasteiger partial charge in [-0.3, -0.25) is 14.5 Å². The van der Waals surface area contributed by atoms with Gasteiger partial charge in [-0.1, -0.05) is 11.6 Å². The number of nitrogens with zero attached hydrogens (tertiary/aromatic N) is 1. The number of ether oxygens (including phenoxy) is 1. The Morgan fingerprint density at radius 3 is 2.48 bits per heavy atom. The minimum atomic E-state index is -0.786. The zero-order valence-electron chi connectivity index (χ0n) is 15.3. The number of hydrogen-bond acceptors (Lipinski definition) is 4. The molecule has 8 heteroatoms. The van der Waals surface area contributed by atoms with Gasteiger partial charge in [0.25, 0.3) is 5.91 Å². The molecule has 1 aromatic rings. The second-order valence-electron chi connectivity index (χ2n) is 7.59. The first-order valence-electron chi connectivity index (χ1n) is 9.15. The molecular formula is C19H22ClN3O4. The molecule has 0 spiro atoms. The normalized spacial score (nSPS) is 21.2. The summed E-state index contributed by atoms with van der Waals surface area (Å²) in [5, 5.41) is 6.16. The summed E-state index contributed by atoms with van der Waals surface area (Å²) < 4.78 is 5.25. The van der Waals surface area contributed by atoms with Crippen LogP contribution in [-0.4, -0.2) is 41.9 Å². The molecule has 7 nitrogen and oxygen atoms in total. The van der Waals surface area contributed by atoms with Crippen molar-refractivity contribution in [2.24, 2.45) is 11.8 Å². The minimum Gasteiger partial charge on any atom is -0.495 e. The molecule has 0 bridgehead atoms. The van der Waals surface area contributed by atoms with Gasteiger partial charge in [-0.15, -0.1) is 0 Å². The van der Waals surface area contributed by atoms with Gasteiger partial charge in [0.1, 0.15) is 17.8 Å². The number of rotatable bonds is 6. The van der Waals surface area contributed by atoms with Crippen LogP contribution in [0.15, 0.2) is 12.1 Å². The fourth-order valence-electron chi connectivity index (χ4n) is 3.98. The molecule has 1 saturated heterocycles. The van der Waals surface area contributed by atoms with Crippen LogP contribution < -0.4 is 15.4 Å². The van der Waals surface area contributed by atoms with Crippen molar-refractivity contribution < 1.29 is 19.1 Å². The number of methoxy groups -OCH3 is 1. The maximum absolute atomic E-state index is 13.0. The van der Waals surface area contributed by atoms with E-state index in [1.54, 1.807) is 12.1 Å². The van der Waals surface area contributed by atoms with E-state index in [9.17, 15) is 14.4 Å². The van der Waals surface area contributed by atoms with E-state index in [0.29, 0.717) is 16.5 Å². The van der Waals surface area contributed by atoms with Gasteiger partial charge in [-0.25, -0.2) is 4.79 Å². The smallest absolute Gasteiger partial charge is 0.325 e. The Morgan fingerprint density at radius 2 is 1.93 bits per heavy atom. The number of imide groups is 1. The number of aryl methyl sites for hydroxylation is 1. The number of benzene rings is 1. The summed E-state index contributed by atoms with van der Waals surface area (Å²) in [6.07, 6.45) is 3.79. The van der Waals surface area contributed by atoms with Gasteiger partial charge >= 0.3 is 6.03 Å². The quantitative estimate of drug-likeness (QED) is 0.730. The molecular weight excluding hydrogens is 370 g/mol. The van der Waals surface area contributed by atoms with Gasteiger partial charge < -0.3 is 15.4 Å². The van der Waals surface area contributed by atoms with Crippen molar-refractivity contribution in [3.05, 3.63) is 22.7 Å². The van der Waals surface area contributed by atoms with E-state index in [0.717, 1.165) is 36.1 Å². The number of amides is 4. The number of urea groups is 1. The fourth-order valence-corrected chi connectivity index (χ4v) is 4.14. The molecule has 2 saturated carbocycles. The van der Waals surface area contributed by atoms with Crippen LogP contribution in [0.2, 0.25) is 5.02 Å². The third kappa shape index (κ3) is 3.04. The van der Waals surface area contributed by atoms with E-state index in [2.05, 4.69) is 10.6 Å². The molecule has 27 heavy (non-hydrogen) atoms. The van der Waals surface area contributed by atoms with E-state index in [4.69, 9.17) is 16.3 Å². The number of hydrogen-bond donors (Lipinski definition) is 2. The van der Waals surface area contributed by atoms with Crippen LogP contribution >= 0.6 is 11.6 Å². The molecule has 3 fully saturated rings. The van der Waals surface area contributed by atoms with E-state index >= 15 is 0 Å². The molecule has 1 aromatic carbocycles. The number of carbonyl (C=O) groups is 3. The predicted molar refractivity (Wildman–Crippen MR) is 99.8 cm³/mol. The lowest BCUT2D eigenvalue weighted by Gasteiger charge is -2.26. The predicted octanol–water partition coefficient (Wildman–Crippen LogP) is 2.71. The summed E-state index contributed by atoms with van der Waals surface area (Å²) in [5.41, 5.74) is 0.447. The van der Waals surface area contributed by atoms with Gasteiger partial charge in [-0.05, 0) is 56.1 Å². The van der Waals surface area contributed by atoms with Crippen molar-refractivity contribution in [1.29, 1.82) is 0 Å². The van der Waals surface area contributed by atoms with Crippen molar-refractivity contribution in [2.45, 2.75) is 38.1 Å². The van der Waals surface area contributed by atoms with Crippen LogP contribution in [0.25, 0.3) is 0 Å². The third-order valence-electron chi connectivity index (χ3n) is 5.66. The highest BCUT2D eigenvalue weighted by molar-refractivity contribution is 6.31. The first kappa shape index (κ1) is 18.1. The third-order valence-corrected chi connectivity index (χ3v) is 6.06. The Labute approximate surface area is 162 Å². The zero-order valence-corrected chi connectivity index (χ0v) is 16.1. The van der Waals surface area contributed by atoms with Gasteiger partial charge in [0, 0.05) is 11.1 Å². The molecule has 0 radical (unpaired) electrons. The van der Waals surface area contributed by atoms with Crippen molar-refractivity contribution >= 4 is 35.1 Å². The molecule has 2 aliphatic carbocycles. The molecule has 0 aromatic heterocycles. The van der Waals surface area contributed by atoms with Crippen LogP contribution in [-0.2, 0) is 9.59 Å². The molecule has 4 amide bonds. The number of nitrogens with one attached hydrogen (secondary N) is 2. The van der Waals surface area contributed by atoms with Gasteiger partial charge in [0.2, 0.25) is 5.91 Å². The maximum Gasteiger partial charge on any atom is 0.325 e. The zero-order chi connectivity index (χ0) is 19.3. The number of carbonyl (C=O) groups excluding carboxylic acids is 3. The molecule has 2 N–H and O–H groups in total. The monoisotopic (exact) mass is 391 g/mol. The topological polar surface area (TPSA) is 87.7 Å². The number of halogens is 1. The largest absolute Gasteiger partial charge is 0.495 e. The number of anilines is 1. The summed E-state index contributed by atoms with van der Waals surface area (Å²) >= 11 is 6.08. The molecule has 1 aliphatic heterocycles. The standard InChI is InChI=1S/C19H22ClN3O4/c1-10-7-14(15(27-2)8-13(10)20)21-16(24)9-23-17(25)19(11-3-4-11,12-5-6-12)22-18(23)26/h7-8,11-12H,3-6,9H2,1-2H3,(H,21,24)(H,22,26). The minimum absolute atomic E-state index is 0.202. The summed E-state index contributed by atoms with van der Waals surface area (Å²) in [5.74, 6) is 0.108. The lowest BCUT2D eigenvalue weighted by molar-refractivity contribution is -0.135. The average Bonchev–Trinajstić information content (AvgIpc) is 3.52. The molecule has 3 aliphatic rings. The molecule has 0 atom stereocenters. The highest BCUT2D eigenvalue weighted by Crippen LogP contribution is 2.54. The average molecular weight is 392 g/mol. The lowest BCUT2D eigenvalue weighted by Crippen LogP contribution is -2.51. The molecule has 144 valence electrons. The lowest BCUT2D eigenvalue weighted by atomic mass is 9.87. The first-order chi connectivity index (χ1) is 12.9. The summed E-state index contributed by atoms with van der Waals surface area (Å²) in [4.78, 5) is 39.1. The van der Waals surface area contributed by atoms with Crippen LogP contribution in [0.4, 0.5) is 10.5 Å². The second kappa shape index (κ2) is 6.41. The summed E-state index contributed by atoms with van der Waals surface area (Å²) in [6, 6.07) is 2.84. The highest BCUT2D eigenvalue weighted by atomic mass is 35.5. The maximum atomic E-state index is 13.0. The van der Waals surface area contributed by atoms with Gasteiger partial charge in [-0.2, -0.15) is 0 Å². The Morgan fingerprint density at radius 1 is 1.30 bits per heavy atom. The van der Waals surface area contributed by atoms with E-state index in [1.165, 1.54) is 7.11 Å². The van der Waals surface area contributed by atoms with Crippen LogP contribution in [0.5, 0.6) is 5.75 Å². The van der Waals surface area contributed by atoms with Crippen molar-refractivity contribution in [3.63, 3.8) is 0 Å². The van der Waals surface area contributed by atoms with E-state index in [-0.39, 0.29) is 24.3 Å². The SMILES string of the molecule is COc1cc(Cl)c(C)cc1NC(=O)CN1C(=O)NC(C2CC2)(C2CC2)C1=O. The molecule has 4 rings (SSSR count).